The van der Waals surface area contributed by atoms with Crippen molar-refractivity contribution in [1.82, 2.24) is 15.0 Å². The summed E-state index contributed by atoms with van der Waals surface area (Å²) in [4.78, 5) is 11.7. The van der Waals surface area contributed by atoms with Crippen molar-refractivity contribution in [1.29, 1.82) is 0 Å². The predicted molar refractivity (Wildman–Crippen MR) is 73.4 cm³/mol. The molecule has 0 amide bonds. The highest BCUT2D eigenvalue weighted by atomic mass is 35.5. The van der Waals surface area contributed by atoms with Gasteiger partial charge in [0.1, 0.15) is 9.84 Å². The summed E-state index contributed by atoms with van der Waals surface area (Å²) in [6.45, 7) is 5.37. The lowest BCUT2D eigenvalue weighted by molar-refractivity contribution is 0.222. The third kappa shape index (κ3) is 6.53. The molecule has 0 saturated heterocycles. The van der Waals surface area contributed by atoms with Crippen molar-refractivity contribution in [3.8, 4) is 6.01 Å². The molecule has 0 saturated carbocycles. The van der Waals surface area contributed by atoms with Gasteiger partial charge in [-0.3, -0.25) is 0 Å². The summed E-state index contributed by atoms with van der Waals surface area (Å²) in [5.41, 5.74) is 0. The minimum absolute atomic E-state index is 0.0142. The van der Waals surface area contributed by atoms with Gasteiger partial charge >= 0.3 is 6.01 Å². The molecule has 7 nitrogen and oxygen atoms in total. The Morgan fingerprint density at radius 1 is 1.26 bits per heavy atom. The van der Waals surface area contributed by atoms with Crippen molar-refractivity contribution >= 4 is 27.4 Å². The number of nitrogens with one attached hydrogen (secondary N) is 1. The van der Waals surface area contributed by atoms with Crippen LogP contribution in [0.25, 0.3) is 0 Å². The van der Waals surface area contributed by atoms with Crippen LogP contribution in [-0.2, 0) is 9.84 Å². The number of aromatic nitrogens is 3. The summed E-state index contributed by atoms with van der Waals surface area (Å²) < 4.78 is 27.6. The summed E-state index contributed by atoms with van der Waals surface area (Å²) in [6.07, 6.45) is 1.07. The Balaban J connectivity index is 2.80. The molecule has 108 valence electrons. The quantitative estimate of drug-likeness (QED) is 0.842. The van der Waals surface area contributed by atoms with Crippen molar-refractivity contribution in [3.63, 3.8) is 0 Å². The van der Waals surface area contributed by atoms with Crippen LogP contribution in [0, 0.1) is 0 Å². The highest BCUT2D eigenvalue weighted by molar-refractivity contribution is 7.90. The molecule has 0 aliphatic carbocycles. The van der Waals surface area contributed by atoms with E-state index < -0.39 is 9.84 Å². The zero-order chi connectivity index (χ0) is 14.6. The molecule has 1 aromatic heterocycles. The Morgan fingerprint density at radius 2 is 1.89 bits per heavy atom. The fourth-order valence-corrected chi connectivity index (χ4v) is 2.52. The molecule has 1 heterocycles. The first-order chi connectivity index (χ1) is 8.65. The van der Waals surface area contributed by atoms with E-state index in [1.165, 1.54) is 6.26 Å². The maximum Gasteiger partial charge on any atom is 0.322 e. The van der Waals surface area contributed by atoms with Crippen molar-refractivity contribution in [2.75, 3.05) is 17.3 Å². The standard InChI is InChI=1S/C10H17ClN4O3S/c1-6(2)18-10-14-8(11)13-9(15-10)12-7(3)5-19(4,16)17/h6-7H,5H2,1-4H3,(H,12,13,14,15). The van der Waals surface area contributed by atoms with Crippen LogP contribution in [-0.4, -0.2) is 47.5 Å². The summed E-state index contributed by atoms with van der Waals surface area (Å²) >= 11 is 5.75. The fourth-order valence-electron chi connectivity index (χ4n) is 1.38. The van der Waals surface area contributed by atoms with Crippen LogP contribution in [0.4, 0.5) is 5.95 Å². The number of rotatable bonds is 6. The Morgan fingerprint density at radius 3 is 2.42 bits per heavy atom. The van der Waals surface area contributed by atoms with Gasteiger partial charge in [-0.1, -0.05) is 0 Å². The van der Waals surface area contributed by atoms with Gasteiger partial charge in [-0.15, -0.1) is 0 Å². The molecule has 0 radical (unpaired) electrons. The van der Waals surface area contributed by atoms with Crippen molar-refractivity contribution < 1.29 is 13.2 Å². The molecule has 1 unspecified atom stereocenters. The average molecular weight is 309 g/mol. The average Bonchev–Trinajstić information content (AvgIpc) is 2.10. The molecule has 0 spiro atoms. The largest absolute Gasteiger partial charge is 0.461 e. The second-order valence-corrected chi connectivity index (χ2v) is 7.04. The SMILES string of the molecule is CC(CS(C)(=O)=O)Nc1nc(Cl)nc(OC(C)C)n1. The van der Waals surface area contributed by atoms with Gasteiger partial charge in [-0.25, -0.2) is 8.42 Å². The van der Waals surface area contributed by atoms with Gasteiger partial charge in [0.2, 0.25) is 11.2 Å². The van der Waals surface area contributed by atoms with Crippen LogP contribution in [0.2, 0.25) is 5.28 Å². The van der Waals surface area contributed by atoms with E-state index in [2.05, 4.69) is 20.3 Å². The summed E-state index contributed by atoms with van der Waals surface area (Å²) in [7, 11) is -3.08. The monoisotopic (exact) mass is 308 g/mol. The predicted octanol–water partition coefficient (Wildman–Crippen LogP) is 1.16. The molecular formula is C10H17ClN4O3S. The summed E-state index contributed by atoms with van der Waals surface area (Å²) in [5.74, 6) is 0.156. The lowest BCUT2D eigenvalue weighted by atomic mass is 10.4. The zero-order valence-electron chi connectivity index (χ0n) is 11.2. The van der Waals surface area contributed by atoms with Crippen molar-refractivity contribution in [2.24, 2.45) is 0 Å². The Labute approximate surface area is 117 Å². The van der Waals surface area contributed by atoms with Crippen LogP contribution in [0.15, 0.2) is 0 Å². The molecule has 0 aliphatic heterocycles. The van der Waals surface area contributed by atoms with Crippen molar-refractivity contribution in [2.45, 2.75) is 32.9 Å². The Kier molecular flexibility index (Phi) is 5.30. The van der Waals surface area contributed by atoms with Crippen LogP contribution in [0.3, 0.4) is 0 Å². The van der Waals surface area contributed by atoms with E-state index in [1.807, 2.05) is 13.8 Å². The molecule has 1 N–H and O–H groups in total. The first-order valence-electron chi connectivity index (χ1n) is 5.68. The first-order valence-corrected chi connectivity index (χ1v) is 8.12. The van der Waals surface area contributed by atoms with E-state index >= 15 is 0 Å². The van der Waals surface area contributed by atoms with Gasteiger partial charge in [-0.05, 0) is 32.4 Å². The maximum absolute atomic E-state index is 11.2. The highest BCUT2D eigenvalue weighted by Crippen LogP contribution is 2.13. The smallest absolute Gasteiger partial charge is 0.322 e. The Bertz CT molecular complexity index is 536. The Hall–Kier alpha value is -1.15. The number of hydrogen-bond acceptors (Lipinski definition) is 7. The van der Waals surface area contributed by atoms with Crippen LogP contribution in [0.5, 0.6) is 6.01 Å². The van der Waals surface area contributed by atoms with Gasteiger partial charge in [0, 0.05) is 12.3 Å². The molecular weight excluding hydrogens is 292 g/mol. The molecule has 0 aliphatic rings. The molecule has 1 atom stereocenters. The second kappa shape index (κ2) is 6.33. The van der Waals surface area contributed by atoms with Gasteiger partial charge in [-0.2, -0.15) is 15.0 Å². The zero-order valence-corrected chi connectivity index (χ0v) is 12.8. The van der Waals surface area contributed by atoms with Gasteiger partial charge in [0.25, 0.3) is 0 Å². The molecule has 0 bridgehead atoms. The fraction of sp³-hybridized carbons (Fsp3) is 0.700. The highest BCUT2D eigenvalue weighted by Gasteiger charge is 2.13. The number of ether oxygens (including phenoxy) is 1. The van der Waals surface area contributed by atoms with E-state index in [9.17, 15) is 8.42 Å². The lowest BCUT2D eigenvalue weighted by Crippen LogP contribution is -2.26. The number of sulfone groups is 1. The minimum Gasteiger partial charge on any atom is -0.461 e. The number of anilines is 1. The van der Waals surface area contributed by atoms with E-state index in [1.54, 1.807) is 6.92 Å². The van der Waals surface area contributed by atoms with Crippen LogP contribution >= 0.6 is 11.6 Å². The molecule has 1 rings (SSSR count). The van der Waals surface area contributed by atoms with E-state index in [4.69, 9.17) is 16.3 Å². The van der Waals surface area contributed by atoms with Crippen LogP contribution in [0.1, 0.15) is 20.8 Å². The lowest BCUT2D eigenvalue weighted by Gasteiger charge is -2.13. The van der Waals surface area contributed by atoms with Crippen molar-refractivity contribution in [3.05, 3.63) is 5.28 Å². The number of halogens is 1. The number of nitrogens with zero attached hydrogens (tertiary/aromatic N) is 3. The van der Waals surface area contributed by atoms with Gasteiger partial charge in [0.15, 0.2) is 0 Å². The number of hydrogen-bond donors (Lipinski definition) is 1. The molecule has 0 fully saturated rings. The van der Waals surface area contributed by atoms with E-state index in [0.29, 0.717) is 0 Å². The summed E-state index contributed by atoms with van der Waals surface area (Å²) in [6, 6.07) is -0.246. The summed E-state index contributed by atoms with van der Waals surface area (Å²) in [5, 5.41) is 2.83. The van der Waals surface area contributed by atoms with Gasteiger partial charge in [0.05, 0.1) is 11.9 Å². The van der Waals surface area contributed by atoms with E-state index in [0.717, 1.165) is 0 Å². The third-order valence-corrected chi connectivity index (χ3v) is 3.13. The van der Waals surface area contributed by atoms with Gasteiger partial charge < -0.3 is 10.1 Å². The molecule has 9 heteroatoms. The minimum atomic E-state index is -3.08. The first kappa shape index (κ1) is 15.9. The molecule has 19 heavy (non-hydrogen) atoms. The molecule has 1 aromatic rings. The van der Waals surface area contributed by atoms with Crippen LogP contribution < -0.4 is 10.1 Å². The second-order valence-electron chi connectivity index (χ2n) is 4.52. The third-order valence-electron chi connectivity index (χ3n) is 1.86. The molecule has 0 aromatic carbocycles. The topological polar surface area (TPSA) is 94.1 Å². The normalized spacial score (nSPS) is 13.4. The van der Waals surface area contributed by atoms with E-state index in [-0.39, 0.29) is 35.1 Å². The maximum atomic E-state index is 11.2.